The number of hydrogen-bond acceptors (Lipinski definition) is 7. The van der Waals surface area contributed by atoms with E-state index in [1.165, 1.54) is 28.1 Å². The molecule has 2 N–H and O–H groups in total. The number of aromatic hydroxyl groups is 1. The summed E-state index contributed by atoms with van der Waals surface area (Å²) >= 11 is 2.62. The van der Waals surface area contributed by atoms with Gasteiger partial charge >= 0.3 is 6.16 Å². The molecule has 1 aromatic carbocycles. The highest BCUT2D eigenvalue weighted by atomic mass is 32.1. The molecule has 0 aliphatic rings. The summed E-state index contributed by atoms with van der Waals surface area (Å²) < 4.78 is 5.30. The second-order valence-electron chi connectivity index (χ2n) is 3.53. The molecule has 8 heteroatoms. The molecule has 2 aromatic heterocycles. The quantitative estimate of drug-likeness (QED) is 0.705. The van der Waals surface area contributed by atoms with Crippen molar-refractivity contribution in [1.29, 1.82) is 0 Å². The lowest BCUT2D eigenvalue weighted by Gasteiger charge is -1.90. The van der Waals surface area contributed by atoms with Crippen LogP contribution in [0.1, 0.15) is 0 Å². The summed E-state index contributed by atoms with van der Waals surface area (Å²) in [5.74, 6) is 0.214. The maximum Gasteiger partial charge on any atom is 0.512 e. The number of phenolic OH excluding ortho intramolecular Hbond substituents is 1. The number of ether oxygens (including phenoxy) is 1. The zero-order valence-corrected chi connectivity index (χ0v) is 10.9. The van der Waals surface area contributed by atoms with Gasteiger partial charge in [-0.15, -0.1) is 22.7 Å². The van der Waals surface area contributed by atoms with Crippen LogP contribution in [0.4, 0.5) is 4.79 Å². The van der Waals surface area contributed by atoms with Gasteiger partial charge in [-0.2, -0.15) is 4.98 Å². The van der Waals surface area contributed by atoms with Crippen molar-refractivity contribution >= 4 is 39.0 Å². The van der Waals surface area contributed by atoms with E-state index in [1.54, 1.807) is 18.2 Å². The molecule has 19 heavy (non-hydrogen) atoms. The Morgan fingerprint density at radius 3 is 2.89 bits per heavy atom. The van der Waals surface area contributed by atoms with Gasteiger partial charge in [-0.3, -0.25) is 0 Å². The van der Waals surface area contributed by atoms with Gasteiger partial charge in [-0.1, -0.05) is 0 Å². The predicted octanol–water partition coefficient (Wildman–Crippen LogP) is 3.18. The number of phenols is 1. The molecule has 0 spiro atoms. The average Bonchev–Trinajstić information content (AvgIpc) is 2.93. The third-order valence-corrected chi connectivity index (χ3v) is 4.21. The molecule has 0 bridgehead atoms. The maximum absolute atomic E-state index is 10.4. The fourth-order valence-electron chi connectivity index (χ4n) is 1.50. The van der Waals surface area contributed by atoms with Crippen molar-refractivity contribution in [2.24, 2.45) is 0 Å². The van der Waals surface area contributed by atoms with Gasteiger partial charge in [0.15, 0.2) is 10.0 Å². The summed E-state index contributed by atoms with van der Waals surface area (Å²) in [4.78, 5) is 18.8. The summed E-state index contributed by atoms with van der Waals surface area (Å²) in [6.45, 7) is 0. The van der Waals surface area contributed by atoms with Crippen LogP contribution >= 0.6 is 22.7 Å². The molecule has 96 valence electrons. The van der Waals surface area contributed by atoms with Crippen LogP contribution in [-0.4, -0.2) is 26.3 Å². The highest BCUT2D eigenvalue weighted by molar-refractivity contribution is 7.25. The van der Waals surface area contributed by atoms with Gasteiger partial charge in [-0.05, 0) is 18.2 Å². The minimum atomic E-state index is -1.40. The Bertz CT molecular complexity index is 765. The first-order valence-electron chi connectivity index (χ1n) is 5.08. The zero-order chi connectivity index (χ0) is 13.4. The summed E-state index contributed by atoms with van der Waals surface area (Å²) in [5.41, 5.74) is 0.758. The number of hydrogen-bond donors (Lipinski definition) is 2. The molecule has 0 unspecified atom stereocenters. The molecule has 0 fully saturated rings. The van der Waals surface area contributed by atoms with E-state index in [4.69, 9.17) is 5.11 Å². The largest absolute Gasteiger partial charge is 0.512 e. The molecule has 2 heterocycles. The predicted molar refractivity (Wildman–Crippen MR) is 71.0 cm³/mol. The number of carboxylic acid groups (broad SMARTS) is 1. The van der Waals surface area contributed by atoms with Crippen LogP contribution in [0.15, 0.2) is 23.6 Å². The molecule has 3 aromatic rings. The van der Waals surface area contributed by atoms with Gasteiger partial charge in [0, 0.05) is 0 Å². The van der Waals surface area contributed by atoms with Crippen LogP contribution in [0.5, 0.6) is 11.6 Å². The van der Waals surface area contributed by atoms with E-state index >= 15 is 0 Å². The molecule has 6 nitrogen and oxygen atoms in total. The van der Waals surface area contributed by atoms with Gasteiger partial charge < -0.3 is 14.9 Å². The van der Waals surface area contributed by atoms with Crippen molar-refractivity contribution in [3.63, 3.8) is 0 Å². The third kappa shape index (κ3) is 2.35. The number of nitrogens with zero attached hydrogens (tertiary/aromatic N) is 2. The first-order valence-corrected chi connectivity index (χ1v) is 6.77. The van der Waals surface area contributed by atoms with E-state index < -0.39 is 6.16 Å². The number of aromatic nitrogens is 2. The molecule has 0 saturated heterocycles. The van der Waals surface area contributed by atoms with Crippen molar-refractivity contribution in [2.45, 2.75) is 0 Å². The molecule has 0 aliphatic heterocycles. The Morgan fingerprint density at radius 2 is 2.11 bits per heavy atom. The van der Waals surface area contributed by atoms with Crippen molar-refractivity contribution in [3.8, 4) is 21.6 Å². The van der Waals surface area contributed by atoms with E-state index in [1.807, 2.05) is 0 Å². The van der Waals surface area contributed by atoms with Crippen LogP contribution in [-0.2, 0) is 0 Å². The fraction of sp³-hybridized carbons (Fsp3) is 0. The minimum Gasteiger partial charge on any atom is -0.508 e. The average molecular weight is 294 g/mol. The smallest absolute Gasteiger partial charge is 0.508 e. The summed E-state index contributed by atoms with van der Waals surface area (Å²) in [6.07, 6.45) is -1.40. The Labute approximate surface area is 114 Å². The molecule has 0 radical (unpaired) electrons. The van der Waals surface area contributed by atoms with E-state index in [-0.39, 0.29) is 11.6 Å². The van der Waals surface area contributed by atoms with E-state index in [2.05, 4.69) is 14.7 Å². The second kappa shape index (κ2) is 4.48. The number of rotatable bonds is 2. The van der Waals surface area contributed by atoms with Gasteiger partial charge in [0.05, 0.1) is 15.6 Å². The third-order valence-electron chi connectivity index (χ3n) is 2.23. The number of fused-ring (bicyclic) bond motifs is 1. The number of carbonyl (C=O) groups is 1. The van der Waals surface area contributed by atoms with Crippen molar-refractivity contribution < 1.29 is 19.7 Å². The standard InChI is InChI=1S/C11H6N2O4S2/c14-5-1-2-6-7(3-5)19-10(12-6)9-13-8(4-18-9)17-11(15)16/h1-4,14H,(H,15,16). The molecular formula is C11H6N2O4S2. The van der Waals surface area contributed by atoms with Crippen molar-refractivity contribution in [2.75, 3.05) is 0 Å². The van der Waals surface area contributed by atoms with Gasteiger partial charge in [0.1, 0.15) is 5.75 Å². The summed E-state index contributed by atoms with van der Waals surface area (Å²) in [6, 6.07) is 4.90. The molecule has 0 atom stereocenters. The van der Waals surface area contributed by atoms with Crippen LogP contribution < -0.4 is 4.74 Å². The van der Waals surface area contributed by atoms with E-state index in [9.17, 15) is 9.90 Å². The SMILES string of the molecule is O=C(O)Oc1csc(-c2nc3ccc(O)cc3s2)n1. The molecule has 3 rings (SSSR count). The van der Waals surface area contributed by atoms with Crippen LogP contribution in [0, 0.1) is 0 Å². The molecule has 0 amide bonds. The summed E-state index contributed by atoms with van der Waals surface area (Å²) in [5, 5.41) is 20.6. The topological polar surface area (TPSA) is 92.5 Å². The van der Waals surface area contributed by atoms with Crippen LogP contribution in [0.2, 0.25) is 0 Å². The van der Waals surface area contributed by atoms with Crippen molar-refractivity contribution in [1.82, 2.24) is 9.97 Å². The van der Waals surface area contributed by atoms with E-state index in [0.717, 1.165) is 10.2 Å². The van der Waals surface area contributed by atoms with E-state index in [0.29, 0.717) is 10.0 Å². The number of benzene rings is 1. The lowest BCUT2D eigenvalue weighted by molar-refractivity contribution is 0.143. The van der Waals surface area contributed by atoms with Crippen LogP contribution in [0.3, 0.4) is 0 Å². The summed E-state index contributed by atoms with van der Waals surface area (Å²) in [7, 11) is 0. The molecule has 0 aliphatic carbocycles. The lowest BCUT2D eigenvalue weighted by atomic mass is 10.3. The van der Waals surface area contributed by atoms with Crippen molar-refractivity contribution in [3.05, 3.63) is 23.6 Å². The van der Waals surface area contributed by atoms with Gasteiger partial charge in [-0.25, -0.2) is 9.78 Å². The maximum atomic E-state index is 10.4. The molecular weight excluding hydrogens is 288 g/mol. The van der Waals surface area contributed by atoms with Crippen LogP contribution in [0.25, 0.3) is 20.2 Å². The van der Waals surface area contributed by atoms with Gasteiger partial charge in [0.25, 0.3) is 0 Å². The first kappa shape index (κ1) is 11.9. The highest BCUT2D eigenvalue weighted by Gasteiger charge is 2.13. The Kier molecular flexibility index (Phi) is 2.80. The molecule has 0 saturated carbocycles. The Balaban J connectivity index is 1.99. The Morgan fingerprint density at radius 1 is 1.26 bits per heavy atom. The monoisotopic (exact) mass is 294 g/mol. The minimum absolute atomic E-state index is 0.0367. The normalized spacial score (nSPS) is 10.7. The first-order chi connectivity index (χ1) is 9.11. The highest BCUT2D eigenvalue weighted by Crippen LogP contribution is 2.34. The zero-order valence-electron chi connectivity index (χ0n) is 9.23. The van der Waals surface area contributed by atoms with Gasteiger partial charge in [0.2, 0.25) is 5.88 Å². The second-order valence-corrected chi connectivity index (χ2v) is 5.42. The number of thiazole rings is 2. The lowest BCUT2D eigenvalue weighted by Crippen LogP contribution is -2.02. The Hall–Kier alpha value is -2.19. The fourth-order valence-corrected chi connectivity index (χ4v) is 3.25.